The van der Waals surface area contributed by atoms with Crippen molar-refractivity contribution in [2.75, 3.05) is 0 Å². The Balaban J connectivity index is 2.46. The van der Waals surface area contributed by atoms with Gasteiger partial charge in [0.25, 0.3) is 10.1 Å². The molecule has 0 radical (unpaired) electrons. The van der Waals surface area contributed by atoms with E-state index in [1.807, 2.05) is 0 Å². The van der Waals surface area contributed by atoms with E-state index in [9.17, 15) is 8.42 Å². The van der Waals surface area contributed by atoms with E-state index in [2.05, 4.69) is 0 Å². The number of hydrogen-bond donors (Lipinski definition) is 1. The van der Waals surface area contributed by atoms with Gasteiger partial charge in [0, 0.05) is 10.0 Å². The summed E-state index contributed by atoms with van der Waals surface area (Å²) in [6, 6.07) is 10.8. The summed E-state index contributed by atoms with van der Waals surface area (Å²) in [5.74, 6) is 0. The molecule has 2 rings (SSSR count). The van der Waals surface area contributed by atoms with Gasteiger partial charge < -0.3 is 0 Å². The van der Waals surface area contributed by atoms with Gasteiger partial charge >= 0.3 is 0 Å². The van der Waals surface area contributed by atoms with Crippen LogP contribution in [0.3, 0.4) is 0 Å². The highest BCUT2D eigenvalue weighted by molar-refractivity contribution is 7.85. The van der Waals surface area contributed by atoms with Gasteiger partial charge in [-0.2, -0.15) is 8.42 Å². The third kappa shape index (κ3) is 3.03. The number of benzene rings is 2. The zero-order valence-electron chi connectivity index (χ0n) is 8.97. The molecule has 18 heavy (non-hydrogen) atoms. The van der Waals surface area contributed by atoms with Crippen LogP contribution in [-0.2, 0) is 10.1 Å². The molecule has 0 fully saturated rings. The summed E-state index contributed by atoms with van der Waals surface area (Å²) in [5, 5.41) is 0.993. The molecule has 0 bridgehead atoms. The molecule has 0 aliphatic heterocycles. The summed E-state index contributed by atoms with van der Waals surface area (Å²) in [6.45, 7) is 0. The lowest BCUT2D eigenvalue weighted by Crippen LogP contribution is -1.97. The molecule has 94 valence electrons. The summed E-state index contributed by atoms with van der Waals surface area (Å²) < 4.78 is 30.7. The topological polar surface area (TPSA) is 54.4 Å². The van der Waals surface area contributed by atoms with E-state index in [-0.39, 0.29) is 4.90 Å². The maximum Gasteiger partial charge on any atom is 0.294 e. The predicted molar refractivity (Wildman–Crippen MR) is 71.7 cm³/mol. The van der Waals surface area contributed by atoms with E-state index in [0.29, 0.717) is 10.0 Å². The molecule has 0 aliphatic carbocycles. The number of hydrogen-bond acceptors (Lipinski definition) is 2. The smallest absolute Gasteiger partial charge is 0.282 e. The van der Waals surface area contributed by atoms with Crippen molar-refractivity contribution < 1.29 is 13.0 Å². The zero-order chi connectivity index (χ0) is 13.3. The second-order valence-corrected chi connectivity index (χ2v) is 5.95. The summed E-state index contributed by atoms with van der Waals surface area (Å²) in [4.78, 5) is -0.153. The average molecular weight is 303 g/mol. The zero-order valence-corrected chi connectivity index (χ0v) is 11.3. The standard InChI is InChI=1S/C12H8Cl2O3S/c13-10-5-9(6-11(14)7-10)8-1-3-12(4-2-8)18(15,16)17/h1-7H,(H,15,16,17). The van der Waals surface area contributed by atoms with Gasteiger partial charge in [-0.3, -0.25) is 4.55 Å². The minimum atomic E-state index is -4.17. The van der Waals surface area contributed by atoms with Crippen LogP contribution >= 0.6 is 23.2 Å². The molecule has 0 saturated carbocycles. The normalized spacial score (nSPS) is 11.5. The lowest BCUT2D eigenvalue weighted by molar-refractivity contribution is 0.483. The van der Waals surface area contributed by atoms with Crippen LogP contribution in [-0.4, -0.2) is 13.0 Å². The van der Waals surface area contributed by atoms with E-state index in [0.717, 1.165) is 11.1 Å². The Hall–Kier alpha value is -1.07. The molecule has 0 saturated heterocycles. The lowest BCUT2D eigenvalue weighted by Gasteiger charge is -2.04. The average Bonchev–Trinajstić information content (AvgIpc) is 2.27. The molecule has 1 N–H and O–H groups in total. The Kier molecular flexibility index (Phi) is 3.64. The highest BCUT2D eigenvalue weighted by Gasteiger charge is 2.09. The van der Waals surface area contributed by atoms with Gasteiger partial charge in [0.05, 0.1) is 4.90 Å². The molecular weight excluding hydrogens is 295 g/mol. The minimum Gasteiger partial charge on any atom is -0.282 e. The second-order valence-electron chi connectivity index (χ2n) is 3.66. The van der Waals surface area contributed by atoms with Crippen molar-refractivity contribution in [3.63, 3.8) is 0 Å². The quantitative estimate of drug-likeness (QED) is 0.856. The van der Waals surface area contributed by atoms with Crippen LogP contribution in [0.4, 0.5) is 0 Å². The van der Waals surface area contributed by atoms with Crippen molar-refractivity contribution in [3.8, 4) is 11.1 Å². The van der Waals surface area contributed by atoms with E-state index in [4.69, 9.17) is 27.8 Å². The second kappa shape index (κ2) is 4.90. The number of rotatable bonds is 2. The maximum absolute atomic E-state index is 10.9. The van der Waals surface area contributed by atoms with Crippen LogP contribution in [0.1, 0.15) is 0 Å². The minimum absolute atomic E-state index is 0.153. The van der Waals surface area contributed by atoms with Gasteiger partial charge in [0.1, 0.15) is 0 Å². The van der Waals surface area contributed by atoms with E-state index in [1.54, 1.807) is 30.3 Å². The van der Waals surface area contributed by atoms with Gasteiger partial charge in [-0.1, -0.05) is 35.3 Å². The van der Waals surface area contributed by atoms with E-state index < -0.39 is 10.1 Å². The van der Waals surface area contributed by atoms with Crippen LogP contribution in [0.25, 0.3) is 11.1 Å². The van der Waals surface area contributed by atoms with Crippen molar-refractivity contribution in [2.45, 2.75) is 4.90 Å². The van der Waals surface area contributed by atoms with Crippen molar-refractivity contribution in [1.29, 1.82) is 0 Å². The Morgan fingerprint density at radius 1 is 0.833 bits per heavy atom. The van der Waals surface area contributed by atoms with Crippen molar-refractivity contribution in [3.05, 3.63) is 52.5 Å². The van der Waals surface area contributed by atoms with Crippen LogP contribution in [0.15, 0.2) is 47.4 Å². The van der Waals surface area contributed by atoms with Gasteiger partial charge in [0.15, 0.2) is 0 Å². The van der Waals surface area contributed by atoms with Crippen molar-refractivity contribution in [1.82, 2.24) is 0 Å². The predicted octanol–water partition coefficient (Wildman–Crippen LogP) is 3.91. The Morgan fingerprint density at radius 3 is 1.78 bits per heavy atom. The third-order valence-electron chi connectivity index (χ3n) is 2.35. The first-order valence-corrected chi connectivity index (χ1v) is 7.10. The van der Waals surface area contributed by atoms with Gasteiger partial charge in [-0.15, -0.1) is 0 Å². The molecule has 0 heterocycles. The maximum atomic E-state index is 10.9. The first-order valence-electron chi connectivity index (χ1n) is 4.90. The van der Waals surface area contributed by atoms with Crippen LogP contribution in [0.5, 0.6) is 0 Å². The molecule has 0 aromatic heterocycles. The van der Waals surface area contributed by atoms with Gasteiger partial charge in [0.2, 0.25) is 0 Å². The first-order chi connectivity index (χ1) is 8.36. The van der Waals surface area contributed by atoms with Gasteiger partial charge in [-0.25, -0.2) is 0 Å². The van der Waals surface area contributed by atoms with Gasteiger partial charge in [-0.05, 0) is 41.5 Å². The summed E-state index contributed by atoms with van der Waals surface area (Å²) >= 11 is 11.8. The fraction of sp³-hybridized carbons (Fsp3) is 0. The summed E-state index contributed by atoms with van der Waals surface area (Å²) in [6.07, 6.45) is 0. The molecule has 0 unspecified atom stereocenters. The third-order valence-corrected chi connectivity index (χ3v) is 3.65. The largest absolute Gasteiger partial charge is 0.294 e. The fourth-order valence-corrected chi connectivity index (χ4v) is 2.55. The molecule has 0 spiro atoms. The van der Waals surface area contributed by atoms with Crippen molar-refractivity contribution >= 4 is 33.3 Å². The van der Waals surface area contributed by atoms with Crippen LogP contribution in [0, 0.1) is 0 Å². The number of halogens is 2. The Labute approximate surface area is 115 Å². The molecular formula is C12H8Cl2O3S. The molecule has 2 aromatic carbocycles. The molecule has 0 aliphatic rings. The first kappa shape index (κ1) is 13.4. The molecule has 0 atom stereocenters. The molecule has 2 aromatic rings. The highest BCUT2D eigenvalue weighted by Crippen LogP contribution is 2.27. The van der Waals surface area contributed by atoms with E-state index in [1.165, 1.54) is 12.1 Å². The van der Waals surface area contributed by atoms with E-state index >= 15 is 0 Å². The Bertz CT molecular complexity index is 659. The molecule has 6 heteroatoms. The highest BCUT2D eigenvalue weighted by atomic mass is 35.5. The fourth-order valence-electron chi connectivity index (χ4n) is 1.54. The Morgan fingerprint density at radius 2 is 1.33 bits per heavy atom. The summed E-state index contributed by atoms with van der Waals surface area (Å²) in [5.41, 5.74) is 1.53. The monoisotopic (exact) mass is 302 g/mol. The van der Waals surface area contributed by atoms with Crippen molar-refractivity contribution in [2.24, 2.45) is 0 Å². The van der Waals surface area contributed by atoms with Crippen LogP contribution in [0.2, 0.25) is 10.0 Å². The van der Waals surface area contributed by atoms with Crippen LogP contribution < -0.4 is 0 Å². The molecule has 0 amide bonds. The molecule has 3 nitrogen and oxygen atoms in total. The lowest BCUT2D eigenvalue weighted by atomic mass is 10.1. The SMILES string of the molecule is O=S(=O)(O)c1ccc(-c2cc(Cl)cc(Cl)c2)cc1. The summed E-state index contributed by atoms with van der Waals surface area (Å²) in [7, 11) is -4.17.